The van der Waals surface area contributed by atoms with Crippen molar-refractivity contribution in [3.05, 3.63) is 81.4 Å². The Hall–Kier alpha value is -3.02. The summed E-state index contributed by atoms with van der Waals surface area (Å²) in [6, 6.07) is 20.1. The summed E-state index contributed by atoms with van der Waals surface area (Å²) in [5.41, 5.74) is 1.81. The normalized spacial score (nSPS) is 20.9. The molecule has 3 aromatic rings. The quantitative estimate of drug-likeness (QED) is 0.280. The Kier molecular flexibility index (Phi) is 8.78. The second-order valence-electron chi connectivity index (χ2n) is 8.74. The first-order chi connectivity index (χ1) is 17.9. The number of aliphatic hydroxyl groups excluding tert-OH is 2. The summed E-state index contributed by atoms with van der Waals surface area (Å²) < 4.78 is 23.6. The van der Waals surface area contributed by atoms with Gasteiger partial charge in [0.1, 0.15) is 0 Å². The van der Waals surface area contributed by atoms with Crippen molar-refractivity contribution in [1.82, 2.24) is 0 Å². The predicted molar refractivity (Wildman–Crippen MR) is 146 cm³/mol. The van der Waals surface area contributed by atoms with E-state index in [1.54, 1.807) is 25.3 Å². The Morgan fingerprint density at radius 1 is 0.811 bits per heavy atom. The van der Waals surface area contributed by atoms with Gasteiger partial charge in [-0.05, 0) is 0 Å². The Morgan fingerprint density at radius 3 is 1.92 bits per heavy atom. The summed E-state index contributed by atoms with van der Waals surface area (Å²) in [7, 11) is 3.03. The SMILES string of the molecule is COc1cc(C2C(CO)C(CO)C2c2ccc(OI(OC(C)=O)c3ccccc3)c(OC)c2)ccc1O. The first kappa shape index (κ1) is 27.0. The number of hydrogen-bond donors (Lipinski definition) is 3. The molecule has 0 amide bonds. The molecule has 3 N–H and O–H groups in total. The molecule has 1 aliphatic carbocycles. The summed E-state index contributed by atoms with van der Waals surface area (Å²) in [6.45, 7) is 1.19. The molecule has 0 radical (unpaired) electrons. The van der Waals surface area contributed by atoms with Gasteiger partial charge in [0, 0.05) is 0 Å². The second-order valence-corrected chi connectivity index (χ2v) is 12.1. The molecule has 0 heterocycles. The monoisotopic (exact) mass is 622 g/mol. The third-order valence-electron chi connectivity index (χ3n) is 6.69. The molecule has 1 aliphatic rings. The van der Waals surface area contributed by atoms with Crippen LogP contribution in [-0.4, -0.2) is 48.7 Å². The van der Waals surface area contributed by atoms with Gasteiger partial charge in [0.15, 0.2) is 0 Å². The fourth-order valence-electron chi connectivity index (χ4n) is 4.98. The van der Waals surface area contributed by atoms with Gasteiger partial charge in [0.25, 0.3) is 0 Å². The average molecular weight is 622 g/mol. The number of ether oxygens (including phenoxy) is 2. The summed E-state index contributed by atoms with van der Waals surface area (Å²) in [5.74, 6) is 0.369. The number of rotatable bonds is 10. The fourth-order valence-corrected chi connectivity index (χ4v) is 7.94. The molecule has 4 rings (SSSR count). The number of halogens is 1. The van der Waals surface area contributed by atoms with Crippen LogP contribution >= 0.6 is 20.6 Å². The van der Waals surface area contributed by atoms with E-state index in [0.29, 0.717) is 17.2 Å². The Bertz CT molecular complexity index is 1220. The van der Waals surface area contributed by atoms with Crippen LogP contribution in [0.4, 0.5) is 0 Å². The van der Waals surface area contributed by atoms with Crippen molar-refractivity contribution in [2.75, 3.05) is 27.4 Å². The summed E-state index contributed by atoms with van der Waals surface area (Å²) in [4.78, 5) is 11.8. The molecule has 0 aliphatic heterocycles. The number of carbonyl (C=O) groups is 1. The molecule has 198 valence electrons. The van der Waals surface area contributed by atoms with Crippen molar-refractivity contribution in [1.29, 1.82) is 0 Å². The van der Waals surface area contributed by atoms with E-state index in [-0.39, 0.29) is 42.6 Å². The van der Waals surface area contributed by atoms with Crippen molar-refractivity contribution in [2.45, 2.75) is 18.8 Å². The average Bonchev–Trinajstić information content (AvgIpc) is 2.90. The summed E-state index contributed by atoms with van der Waals surface area (Å²) in [5, 5.41) is 30.3. The summed E-state index contributed by atoms with van der Waals surface area (Å²) >= 11 is -2.81. The number of carbonyl (C=O) groups excluding carboxylic acids is 1. The zero-order valence-electron chi connectivity index (χ0n) is 20.8. The molecule has 4 atom stereocenters. The van der Waals surface area contributed by atoms with Crippen LogP contribution in [0.1, 0.15) is 29.9 Å². The van der Waals surface area contributed by atoms with Crippen LogP contribution in [0.5, 0.6) is 23.0 Å². The molecule has 0 aromatic heterocycles. The van der Waals surface area contributed by atoms with Crippen molar-refractivity contribution >= 4 is 26.6 Å². The first-order valence-electron chi connectivity index (χ1n) is 11.8. The number of methoxy groups -OCH3 is 2. The first-order valence-corrected chi connectivity index (χ1v) is 14.6. The molecule has 0 spiro atoms. The van der Waals surface area contributed by atoms with E-state index in [9.17, 15) is 20.1 Å². The van der Waals surface area contributed by atoms with Crippen LogP contribution in [0.3, 0.4) is 0 Å². The molecular formula is C28H31IO8. The minimum absolute atomic E-state index is 0.0370. The molecule has 3 aromatic carbocycles. The number of phenols is 1. The third-order valence-corrected chi connectivity index (χ3v) is 10.3. The van der Waals surface area contributed by atoms with Gasteiger partial charge in [-0.2, -0.15) is 0 Å². The molecule has 1 saturated carbocycles. The number of benzene rings is 3. The molecule has 9 heteroatoms. The van der Waals surface area contributed by atoms with E-state index in [0.717, 1.165) is 14.7 Å². The van der Waals surface area contributed by atoms with Gasteiger partial charge in [0.2, 0.25) is 0 Å². The maximum atomic E-state index is 11.8. The Balaban J connectivity index is 1.67. The summed E-state index contributed by atoms with van der Waals surface area (Å²) in [6.07, 6.45) is 0. The van der Waals surface area contributed by atoms with E-state index >= 15 is 0 Å². The van der Waals surface area contributed by atoms with Gasteiger partial charge in [-0.15, -0.1) is 0 Å². The van der Waals surface area contributed by atoms with Crippen molar-refractivity contribution in [3.63, 3.8) is 0 Å². The maximum absolute atomic E-state index is 11.8. The predicted octanol–water partition coefficient (Wildman–Crippen LogP) is 4.66. The molecule has 1 fully saturated rings. The van der Waals surface area contributed by atoms with Gasteiger partial charge < -0.3 is 0 Å². The molecular weight excluding hydrogens is 591 g/mol. The van der Waals surface area contributed by atoms with E-state index in [4.69, 9.17) is 15.6 Å². The van der Waals surface area contributed by atoms with Crippen molar-refractivity contribution < 1.29 is 35.7 Å². The van der Waals surface area contributed by atoms with Gasteiger partial charge in [-0.1, -0.05) is 0 Å². The van der Waals surface area contributed by atoms with Crippen molar-refractivity contribution in [3.8, 4) is 23.0 Å². The van der Waals surface area contributed by atoms with Gasteiger partial charge in [-0.3, -0.25) is 0 Å². The third kappa shape index (κ3) is 5.63. The molecule has 0 saturated heterocycles. The number of hydrogen-bond acceptors (Lipinski definition) is 8. The number of aromatic hydroxyl groups is 1. The molecule has 0 bridgehead atoms. The van der Waals surface area contributed by atoms with Crippen LogP contribution in [0.25, 0.3) is 0 Å². The molecule has 8 nitrogen and oxygen atoms in total. The number of aliphatic hydroxyl groups is 2. The topological polar surface area (TPSA) is 115 Å². The van der Waals surface area contributed by atoms with Gasteiger partial charge >= 0.3 is 225 Å². The molecule has 37 heavy (non-hydrogen) atoms. The zero-order valence-corrected chi connectivity index (χ0v) is 23.0. The fraction of sp³-hybridized carbons (Fsp3) is 0.321. The van der Waals surface area contributed by atoms with Crippen LogP contribution in [0, 0.1) is 15.4 Å². The van der Waals surface area contributed by atoms with E-state index in [1.165, 1.54) is 14.0 Å². The van der Waals surface area contributed by atoms with Gasteiger partial charge in [0.05, 0.1) is 0 Å². The standard InChI is InChI=1S/C28H31IO8/c1-17(32)36-29(20-7-5-4-6-8-20)37-24-12-10-19(14-26(24)35-3)28-22(16-31)21(15-30)27(28)18-9-11-23(33)25(13-18)34-2/h4-14,21-22,27-28,30-31,33H,15-16H2,1-3H3. The van der Waals surface area contributed by atoms with E-state index < -0.39 is 26.6 Å². The van der Waals surface area contributed by atoms with E-state index in [1.807, 2.05) is 48.5 Å². The van der Waals surface area contributed by atoms with Crippen molar-refractivity contribution in [2.24, 2.45) is 11.8 Å². The Labute approximate surface area is 224 Å². The molecule has 4 unspecified atom stereocenters. The Morgan fingerprint density at radius 2 is 1.38 bits per heavy atom. The van der Waals surface area contributed by atoms with Crippen LogP contribution in [0.2, 0.25) is 0 Å². The van der Waals surface area contributed by atoms with Gasteiger partial charge in [-0.25, -0.2) is 0 Å². The van der Waals surface area contributed by atoms with Crippen LogP contribution < -0.4 is 12.5 Å². The van der Waals surface area contributed by atoms with Crippen LogP contribution in [0.15, 0.2) is 66.7 Å². The number of phenolic OH excluding ortho intramolecular Hbond substituents is 1. The zero-order chi connectivity index (χ0) is 26.5. The second kappa shape index (κ2) is 12.0. The minimum atomic E-state index is -2.81. The van der Waals surface area contributed by atoms with E-state index in [2.05, 4.69) is 0 Å². The van der Waals surface area contributed by atoms with Crippen LogP contribution in [-0.2, 0) is 7.86 Å².